The lowest BCUT2D eigenvalue weighted by molar-refractivity contribution is -0.118. The van der Waals surface area contributed by atoms with Crippen molar-refractivity contribution >= 4 is 35.0 Å². The molecule has 2 aromatic heterocycles. The zero-order chi connectivity index (χ0) is 20.2. The number of benzene rings is 1. The van der Waals surface area contributed by atoms with Gasteiger partial charge in [-0.3, -0.25) is 9.78 Å². The van der Waals surface area contributed by atoms with Gasteiger partial charge < -0.3 is 4.90 Å². The number of halogens is 1. The molecule has 1 aromatic carbocycles. The molecular weight excluding hydrogens is 404 g/mol. The highest BCUT2D eigenvalue weighted by atomic mass is 35.5. The fraction of sp³-hybridized carbons (Fsp3) is 0.318. The van der Waals surface area contributed by atoms with Crippen LogP contribution in [0.15, 0.2) is 61.1 Å². The van der Waals surface area contributed by atoms with Gasteiger partial charge in [0, 0.05) is 24.4 Å². The zero-order valence-corrected chi connectivity index (χ0v) is 17.8. The second-order valence-corrected chi connectivity index (χ2v) is 8.65. The van der Waals surface area contributed by atoms with Crippen LogP contribution in [0.2, 0.25) is 5.15 Å². The van der Waals surface area contributed by atoms with Gasteiger partial charge >= 0.3 is 0 Å². The molecule has 29 heavy (non-hydrogen) atoms. The van der Waals surface area contributed by atoms with Crippen molar-refractivity contribution in [2.24, 2.45) is 5.92 Å². The Hall–Kier alpha value is -2.31. The zero-order valence-electron chi connectivity index (χ0n) is 16.2. The Balaban J connectivity index is 1.59. The number of aromatic nitrogens is 3. The van der Waals surface area contributed by atoms with E-state index in [1.807, 2.05) is 47.7 Å². The molecule has 150 valence electrons. The number of pyridine rings is 1. The van der Waals surface area contributed by atoms with Gasteiger partial charge in [0.25, 0.3) is 0 Å². The van der Waals surface area contributed by atoms with Crippen molar-refractivity contribution in [3.05, 3.63) is 71.8 Å². The molecule has 1 unspecified atom stereocenters. The summed E-state index contributed by atoms with van der Waals surface area (Å²) in [7, 11) is 0. The Labute approximate surface area is 180 Å². The lowest BCUT2D eigenvalue weighted by Crippen LogP contribution is -2.33. The Bertz CT molecular complexity index is 959. The SMILES string of the molecule is CSC(CC(=O)N(CC1CC1)c1cn(-c2cccnc2)nc1Cl)c1ccccc1. The van der Waals surface area contributed by atoms with Gasteiger partial charge in [-0.15, -0.1) is 0 Å². The quantitative estimate of drug-likeness (QED) is 0.499. The van der Waals surface area contributed by atoms with Crippen LogP contribution in [-0.2, 0) is 4.79 Å². The standard InChI is InChI=1S/C22H23ClN4OS/c1-29-20(17-6-3-2-4-7-17)12-21(28)26(14-16-9-10-16)19-15-27(25-22(19)23)18-8-5-11-24-13-18/h2-8,11,13,15-16,20H,9-10,12,14H2,1H3. The number of rotatable bonds is 8. The molecule has 0 saturated heterocycles. The molecule has 1 aliphatic rings. The van der Waals surface area contributed by atoms with Crippen LogP contribution in [0.25, 0.3) is 5.69 Å². The average molecular weight is 427 g/mol. The van der Waals surface area contributed by atoms with Crippen molar-refractivity contribution in [2.45, 2.75) is 24.5 Å². The van der Waals surface area contributed by atoms with Crippen LogP contribution < -0.4 is 4.90 Å². The average Bonchev–Trinajstić information content (AvgIpc) is 3.51. The summed E-state index contributed by atoms with van der Waals surface area (Å²) in [5, 5.41) is 4.86. The van der Waals surface area contributed by atoms with Crippen LogP contribution in [0, 0.1) is 5.92 Å². The molecule has 0 radical (unpaired) electrons. The van der Waals surface area contributed by atoms with Gasteiger partial charge in [-0.05, 0) is 42.7 Å². The number of hydrogen-bond donors (Lipinski definition) is 0. The van der Waals surface area contributed by atoms with E-state index in [0.717, 1.165) is 24.1 Å². The topological polar surface area (TPSA) is 51.0 Å². The molecule has 1 saturated carbocycles. The number of anilines is 1. The first-order valence-corrected chi connectivity index (χ1v) is 11.4. The van der Waals surface area contributed by atoms with E-state index in [9.17, 15) is 4.79 Å². The van der Waals surface area contributed by atoms with Crippen LogP contribution in [0.4, 0.5) is 5.69 Å². The molecule has 0 aliphatic heterocycles. The summed E-state index contributed by atoms with van der Waals surface area (Å²) in [5.41, 5.74) is 2.64. The highest BCUT2D eigenvalue weighted by Crippen LogP contribution is 2.36. The summed E-state index contributed by atoms with van der Waals surface area (Å²) in [4.78, 5) is 19.3. The largest absolute Gasteiger partial charge is 0.308 e. The maximum Gasteiger partial charge on any atom is 0.228 e. The molecule has 1 amide bonds. The molecule has 0 spiro atoms. The Morgan fingerprint density at radius 1 is 1.28 bits per heavy atom. The molecule has 1 aliphatic carbocycles. The lowest BCUT2D eigenvalue weighted by atomic mass is 10.1. The molecule has 2 heterocycles. The number of hydrogen-bond acceptors (Lipinski definition) is 4. The molecular formula is C22H23ClN4OS. The van der Waals surface area contributed by atoms with Gasteiger partial charge in [-0.2, -0.15) is 16.9 Å². The summed E-state index contributed by atoms with van der Waals surface area (Å²) in [6, 6.07) is 13.9. The first kappa shape index (κ1) is 20.0. The van der Waals surface area contributed by atoms with Gasteiger partial charge in [-0.1, -0.05) is 41.9 Å². The normalized spacial score (nSPS) is 14.6. The number of thioether (sulfide) groups is 1. The predicted molar refractivity (Wildman–Crippen MR) is 119 cm³/mol. The van der Waals surface area contributed by atoms with Crippen molar-refractivity contribution in [1.82, 2.24) is 14.8 Å². The summed E-state index contributed by atoms with van der Waals surface area (Å²) in [6.07, 6.45) is 10.0. The molecule has 5 nitrogen and oxygen atoms in total. The number of carbonyl (C=O) groups excluding carboxylic acids is 1. The monoisotopic (exact) mass is 426 g/mol. The minimum absolute atomic E-state index is 0.0766. The Morgan fingerprint density at radius 3 is 2.72 bits per heavy atom. The smallest absolute Gasteiger partial charge is 0.228 e. The van der Waals surface area contributed by atoms with Gasteiger partial charge in [0.05, 0.1) is 18.1 Å². The first-order chi connectivity index (χ1) is 14.2. The van der Waals surface area contributed by atoms with E-state index >= 15 is 0 Å². The van der Waals surface area contributed by atoms with Crippen LogP contribution >= 0.6 is 23.4 Å². The second-order valence-electron chi connectivity index (χ2n) is 7.25. The predicted octanol–water partition coefficient (Wildman–Crippen LogP) is 5.16. The Morgan fingerprint density at radius 2 is 2.07 bits per heavy atom. The minimum Gasteiger partial charge on any atom is -0.308 e. The minimum atomic E-state index is 0.0766. The molecule has 0 N–H and O–H groups in total. The molecule has 4 rings (SSSR count). The first-order valence-electron chi connectivity index (χ1n) is 9.69. The van der Waals surface area contributed by atoms with E-state index in [1.165, 1.54) is 0 Å². The molecule has 7 heteroatoms. The van der Waals surface area contributed by atoms with E-state index in [0.29, 0.717) is 29.7 Å². The fourth-order valence-corrected chi connectivity index (χ4v) is 4.28. The number of amides is 1. The van der Waals surface area contributed by atoms with E-state index in [-0.39, 0.29) is 11.2 Å². The van der Waals surface area contributed by atoms with Crippen molar-refractivity contribution in [3.8, 4) is 5.69 Å². The van der Waals surface area contributed by atoms with Crippen LogP contribution in [0.1, 0.15) is 30.1 Å². The van der Waals surface area contributed by atoms with Crippen LogP contribution in [0.5, 0.6) is 0 Å². The van der Waals surface area contributed by atoms with Gasteiger partial charge in [0.2, 0.25) is 5.91 Å². The van der Waals surface area contributed by atoms with Crippen LogP contribution in [-0.4, -0.2) is 33.5 Å². The van der Waals surface area contributed by atoms with E-state index in [4.69, 9.17) is 11.6 Å². The van der Waals surface area contributed by atoms with Crippen molar-refractivity contribution in [2.75, 3.05) is 17.7 Å². The van der Waals surface area contributed by atoms with Crippen molar-refractivity contribution < 1.29 is 4.79 Å². The van der Waals surface area contributed by atoms with E-state index in [1.54, 1.807) is 28.8 Å². The van der Waals surface area contributed by atoms with E-state index in [2.05, 4.69) is 22.2 Å². The summed E-state index contributed by atoms with van der Waals surface area (Å²) in [5.74, 6) is 0.619. The third kappa shape index (κ3) is 4.82. The third-order valence-electron chi connectivity index (χ3n) is 5.11. The summed E-state index contributed by atoms with van der Waals surface area (Å²) >= 11 is 8.17. The van der Waals surface area contributed by atoms with Crippen molar-refractivity contribution in [3.63, 3.8) is 0 Å². The lowest BCUT2D eigenvalue weighted by Gasteiger charge is -2.24. The maximum atomic E-state index is 13.4. The molecule has 0 bridgehead atoms. The van der Waals surface area contributed by atoms with Gasteiger partial charge in [0.15, 0.2) is 5.15 Å². The van der Waals surface area contributed by atoms with E-state index < -0.39 is 0 Å². The number of carbonyl (C=O) groups is 1. The number of nitrogens with zero attached hydrogens (tertiary/aromatic N) is 4. The molecule has 3 aromatic rings. The summed E-state index contributed by atoms with van der Waals surface area (Å²) < 4.78 is 1.68. The summed E-state index contributed by atoms with van der Waals surface area (Å²) in [6.45, 7) is 0.688. The van der Waals surface area contributed by atoms with Gasteiger partial charge in [0.1, 0.15) is 5.69 Å². The highest BCUT2D eigenvalue weighted by Gasteiger charge is 2.31. The molecule has 1 fully saturated rings. The highest BCUT2D eigenvalue weighted by molar-refractivity contribution is 7.98. The van der Waals surface area contributed by atoms with Crippen LogP contribution in [0.3, 0.4) is 0 Å². The third-order valence-corrected chi connectivity index (χ3v) is 6.38. The van der Waals surface area contributed by atoms with Gasteiger partial charge in [-0.25, -0.2) is 4.68 Å². The maximum absolute atomic E-state index is 13.4. The second kappa shape index (κ2) is 9.01. The molecule has 1 atom stereocenters. The van der Waals surface area contributed by atoms with Crippen molar-refractivity contribution in [1.29, 1.82) is 0 Å². The Kier molecular flexibility index (Phi) is 6.21. The fourth-order valence-electron chi connectivity index (χ4n) is 3.31.